The lowest BCUT2D eigenvalue weighted by Crippen LogP contribution is -2.37. The van der Waals surface area contributed by atoms with E-state index in [1.54, 1.807) is 11.8 Å². The van der Waals surface area contributed by atoms with Crippen molar-refractivity contribution in [1.29, 1.82) is 0 Å². The second kappa shape index (κ2) is 11.9. The number of benzene rings is 3. The summed E-state index contributed by atoms with van der Waals surface area (Å²) in [5.41, 5.74) is 0. The van der Waals surface area contributed by atoms with Crippen molar-refractivity contribution >= 4 is 35.3 Å². The van der Waals surface area contributed by atoms with Crippen LogP contribution in [0.2, 0.25) is 0 Å². The van der Waals surface area contributed by atoms with Gasteiger partial charge >= 0.3 is 0 Å². The van der Waals surface area contributed by atoms with Gasteiger partial charge in [-0.1, -0.05) is 74.9 Å². The van der Waals surface area contributed by atoms with Crippen LogP contribution >= 0.6 is 35.3 Å². The van der Waals surface area contributed by atoms with Crippen LogP contribution in [0.25, 0.3) is 0 Å². The van der Waals surface area contributed by atoms with Gasteiger partial charge in [0.1, 0.15) is 0 Å². The zero-order chi connectivity index (χ0) is 21.2. The summed E-state index contributed by atoms with van der Waals surface area (Å²) >= 11 is 5.71. The van der Waals surface area contributed by atoms with E-state index in [0.29, 0.717) is 0 Å². The van der Waals surface area contributed by atoms with Gasteiger partial charge in [-0.25, -0.2) is 0 Å². The first-order chi connectivity index (χ1) is 14.7. The molecule has 0 bridgehead atoms. The molecule has 30 heavy (non-hydrogen) atoms. The lowest BCUT2D eigenvalue weighted by molar-refractivity contribution is 0.263. The second-order valence-corrected chi connectivity index (χ2v) is 11.7. The second-order valence-electron chi connectivity index (χ2n) is 7.33. The van der Waals surface area contributed by atoms with E-state index in [1.165, 1.54) is 14.7 Å². The SMILES string of the molecule is CCCC(Sc1ccccc1)(Sc1ccccc1)[C@@H](C)[C@@H](CO)Sc1ccccc1. The van der Waals surface area contributed by atoms with Crippen LogP contribution in [0.3, 0.4) is 0 Å². The van der Waals surface area contributed by atoms with Crippen LogP contribution in [-0.4, -0.2) is 21.0 Å². The molecule has 3 rings (SSSR count). The highest BCUT2D eigenvalue weighted by Gasteiger charge is 2.42. The normalized spacial score (nSPS) is 13.7. The number of thioether (sulfide) groups is 3. The molecule has 0 radical (unpaired) electrons. The fourth-order valence-electron chi connectivity index (χ4n) is 3.52. The molecule has 0 fully saturated rings. The van der Waals surface area contributed by atoms with E-state index in [-0.39, 0.29) is 21.9 Å². The number of rotatable bonds is 11. The van der Waals surface area contributed by atoms with Gasteiger partial charge in [-0.15, -0.1) is 35.3 Å². The molecule has 158 valence electrons. The summed E-state index contributed by atoms with van der Waals surface area (Å²) in [5.74, 6) is 0.281. The van der Waals surface area contributed by atoms with Crippen molar-refractivity contribution in [3.63, 3.8) is 0 Å². The molecule has 0 aliphatic carbocycles. The Kier molecular flexibility index (Phi) is 9.26. The summed E-state index contributed by atoms with van der Waals surface area (Å²) in [4.78, 5) is 3.77. The van der Waals surface area contributed by atoms with Crippen LogP contribution < -0.4 is 0 Å². The highest BCUT2D eigenvalue weighted by Crippen LogP contribution is 2.55. The summed E-state index contributed by atoms with van der Waals surface area (Å²) in [6, 6.07) is 31.8. The zero-order valence-electron chi connectivity index (χ0n) is 17.6. The fraction of sp³-hybridized carbons (Fsp3) is 0.308. The summed E-state index contributed by atoms with van der Waals surface area (Å²) < 4.78 is -0.0768. The van der Waals surface area contributed by atoms with E-state index in [2.05, 4.69) is 98.8 Å². The Hall–Kier alpha value is -1.33. The molecule has 0 aliphatic heterocycles. The first kappa shape index (κ1) is 23.3. The molecule has 0 aliphatic rings. The minimum atomic E-state index is -0.0768. The van der Waals surface area contributed by atoms with E-state index in [0.717, 1.165) is 12.8 Å². The third kappa shape index (κ3) is 6.34. The third-order valence-corrected chi connectivity index (χ3v) is 9.89. The third-order valence-electron chi connectivity index (χ3n) is 5.13. The summed E-state index contributed by atoms with van der Waals surface area (Å²) in [6.07, 6.45) is 2.16. The largest absolute Gasteiger partial charge is 0.395 e. The van der Waals surface area contributed by atoms with Gasteiger partial charge in [0.25, 0.3) is 0 Å². The van der Waals surface area contributed by atoms with Crippen LogP contribution in [0, 0.1) is 5.92 Å². The number of hydrogen-bond donors (Lipinski definition) is 1. The Bertz CT molecular complexity index is 814. The van der Waals surface area contributed by atoms with Gasteiger partial charge < -0.3 is 5.11 Å². The van der Waals surface area contributed by atoms with Crippen LogP contribution in [0.1, 0.15) is 26.7 Å². The quantitative estimate of drug-likeness (QED) is 0.235. The highest BCUT2D eigenvalue weighted by atomic mass is 32.2. The smallest absolute Gasteiger partial charge is 0.0741 e. The highest BCUT2D eigenvalue weighted by molar-refractivity contribution is 8.18. The van der Waals surface area contributed by atoms with Crippen LogP contribution in [0.15, 0.2) is 106 Å². The maximum absolute atomic E-state index is 10.4. The molecule has 2 atom stereocenters. The van der Waals surface area contributed by atoms with Gasteiger partial charge in [0.05, 0.1) is 10.7 Å². The molecule has 0 spiro atoms. The predicted octanol–water partition coefficient (Wildman–Crippen LogP) is 7.86. The van der Waals surface area contributed by atoms with Crippen molar-refractivity contribution in [3.8, 4) is 0 Å². The van der Waals surface area contributed by atoms with Gasteiger partial charge in [0, 0.05) is 19.9 Å². The first-order valence-corrected chi connectivity index (χ1v) is 13.0. The van der Waals surface area contributed by atoms with Crippen LogP contribution in [-0.2, 0) is 0 Å². The van der Waals surface area contributed by atoms with E-state index in [9.17, 15) is 5.11 Å². The fourth-order valence-corrected chi connectivity index (χ4v) is 8.30. The standard InChI is InChI=1S/C26H30OS3/c1-3-19-26(29-23-15-9-5-10-16-23,30-24-17-11-6-12-18-24)21(2)25(20-27)28-22-13-7-4-8-14-22/h4-18,21,25,27H,3,19-20H2,1-2H3/t21-,25+/m0/s1. The van der Waals surface area contributed by atoms with E-state index >= 15 is 0 Å². The topological polar surface area (TPSA) is 20.2 Å². The van der Waals surface area contributed by atoms with Crippen molar-refractivity contribution in [2.75, 3.05) is 6.61 Å². The van der Waals surface area contributed by atoms with Gasteiger partial charge in [-0.05, 0) is 48.7 Å². The average Bonchev–Trinajstić information content (AvgIpc) is 2.79. The van der Waals surface area contributed by atoms with Crippen LogP contribution in [0.5, 0.6) is 0 Å². The Balaban J connectivity index is 1.96. The van der Waals surface area contributed by atoms with Gasteiger partial charge in [-0.2, -0.15) is 0 Å². The molecule has 0 aromatic heterocycles. The molecule has 3 aromatic carbocycles. The maximum atomic E-state index is 10.4. The maximum Gasteiger partial charge on any atom is 0.0741 e. The molecule has 0 saturated carbocycles. The number of aliphatic hydroxyl groups excluding tert-OH is 1. The summed E-state index contributed by atoms with van der Waals surface area (Å²) in [5, 5.41) is 10.5. The van der Waals surface area contributed by atoms with Crippen LogP contribution in [0.4, 0.5) is 0 Å². The lowest BCUT2D eigenvalue weighted by atomic mass is 9.99. The molecule has 0 heterocycles. The monoisotopic (exact) mass is 454 g/mol. The first-order valence-electron chi connectivity index (χ1n) is 10.5. The molecular weight excluding hydrogens is 424 g/mol. The number of hydrogen-bond acceptors (Lipinski definition) is 4. The van der Waals surface area contributed by atoms with Crippen molar-refractivity contribution in [3.05, 3.63) is 91.0 Å². The average molecular weight is 455 g/mol. The minimum Gasteiger partial charge on any atom is -0.395 e. The Morgan fingerprint density at radius 3 is 1.57 bits per heavy atom. The number of aliphatic hydroxyl groups is 1. The molecule has 1 N–H and O–H groups in total. The molecule has 4 heteroatoms. The van der Waals surface area contributed by atoms with Gasteiger partial charge in [-0.3, -0.25) is 0 Å². The molecule has 0 unspecified atom stereocenters. The van der Waals surface area contributed by atoms with Crippen molar-refractivity contribution in [2.45, 2.75) is 50.7 Å². The predicted molar refractivity (Wildman–Crippen MR) is 135 cm³/mol. The Labute approximate surface area is 194 Å². The summed E-state index contributed by atoms with van der Waals surface area (Å²) in [6.45, 7) is 4.74. The molecule has 0 saturated heterocycles. The molecule has 3 aromatic rings. The van der Waals surface area contributed by atoms with Gasteiger partial charge in [0.2, 0.25) is 0 Å². The zero-order valence-corrected chi connectivity index (χ0v) is 20.1. The Morgan fingerprint density at radius 1 is 0.733 bits per heavy atom. The van der Waals surface area contributed by atoms with Crippen molar-refractivity contribution in [1.82, 2.24) is 0 Å². The summed E-state index contributed by atoms with van der Waals surface area (Å²) in [7, 11) is 0. The lowest BCUT2D eigenvalue weighted by Gasteiger charge is -2.41. The molecular formula is C26H30OS3. The van der Waals surface area contributed by atoms with E-state index in [1.807, 2.05) is 29.6 Å². The minimum absolute atomic E-state index is 0.0768. The molecule has 1 nitrogen and oxygen atoms in total. The van der Waals surface area contributed by atoms with Crippen molar-refractivity contribution < 1.29 is 5.11 Å². The van der Waals surface area contributed by atoms with Gasteiger partial charge in [0.15, 0.2) is 0 Å². The van der Waals surface area contributed by atoms with E-state index in [4.69, 9.17) is 0 Å². The molecule has 0 amide bonds. The van der Waals surface area contributed by atoms with E-state index < -0.39 is 0 Å². The Morgan fingerprint density at radius 2 is 1.17 bits per heavy atom. The van der Waals surface area contributed by atoms with Crippen molar-refractivity contribution in [2.24, 2.45) is 5.92 Å².